The molecule has 44 valence electrons. The second-order valence-electron chi connectivity index (χ2n) is 0.600. The van der Waals surface area contributed by atoms with Crippen molar-refractivity contribution in [3.8, 4) is 0 Å². The van der Waals surface area contributed by atoms with E-state index in [1.807, 2.05) is 0 Å². The molecule has 0 aromatic rings. The summed E-state index contributed by atoms with van der Waals surface area (Å²) in [5.74, 6) is 0. The van der Waals surface area contributed by atoms with Gasteiger partial charge in [-0.2, -0.15) is 0 Å². The minimum Gasteiger partial charge on any atom is -1.00 e. The molecule has 0 spiro atoms. The molecule has 0 aliphatic carbocycles. The van der Waals surface area contributed by atoms with Gasteiger partial charge in [0.15, 0.2) is 0 Å². The molecule has 0 radical (unpaired) electrons. The van der Waals surface area contributed by atoms with Gasteiger partial charge in [0.05, 0.1) is 0 Å². The van der Waals surface area contributed by atoms with Crippen molar-refractivity contribution in [1.29, 1.82) is 0 Å². The van der Waals surface area contributed by atoms with Crippen molar-refractivity contribution in [2.75, 3.05) is 0 Å². The average Bonchev–Trinajstić information content (AvgIpc) is 0.722. The first-order valence-electron chi connectivity index (χ1n) is 0.894. The van der Waals surface area contributed by atoms with E-state index in [0.717, 1.165) is 0 Å². The Labute approximate surface area is 147 Å². The summed E-state index contributed by atoms with van der Waals surface area (Å²) in [6.45, 7) is 0. The second kappa shape index (κ2) is 10.8. The van der Waals surface area contributed by atoms with E-state index in [4.69, 9.17) is 19.2 Å². The van der Waals surface area contributed by atoms with Crippen molar-refractivity contribution < 1.29 is 27.7 Å². The maximum Gasteiger partial charge on any atom is 2.00 e. The van der Waals surface area contributed by atoms with Crippen molar-refractivity contribution in [3.05, 3.63) is 0 Å². The monoisotopic (exact) mass is 222 g/mol. The van der Waals surface area contributed by atoms with Crippen LogP contribution in [0.1, 0.15) is 8.56 Å². The fraction of sp³-hybridized carbons (Fsp3) is 0. The van der Waals surface area contributed by atoms with E-state index in [2.05, 4.69) is 0 Å². The number of hydrogen-bond donors (Lipinski definition) is 4. The van der Waals surface area contributed by atoms with Gasteiger partial charge in [0.25, 0.3) is 0 Å². The standard InChI is InChI=1S/3Ca.H4O4Si.6H/c;;;1-5(2,3)4;;;;;;/h;;;1-4H;;;;;;/q3*+2;;6*-1. The minimum atomic E-state index is -4.61. The fourth-order valence-electron chi connectivity index (χ4n) is 0. The van der Waals surface area contributed by atoms with E-state index in [1.54, 1.807) is 0 Å². The zero-order valence-corrected chi connectivity index (χ0v) is 12.0. The van der Waals surface area contributed by atoms with Gasteiger partial charge in [-0.15, -0.1) is 0 Å². The summed E-state index contributed by atoms with van der Waals surface area (Å²) in [6.07, 6.45) is 0. The third-order valence-electron chi connectivity index (χ3n) is 0. The van der Waals surface area contributed by atoms with E-state index in [0.29, 0.717) is 0 Å². The molecule has 0 saturated carbocycles. The molecule has 0 aliphatic heterocycles. The zero-order valence-electron chi connectivity index (χ0n) is 10.4. The summed E-state index contributed by atoms with van der Waals surface area (Å²) in [7, 11) is -4.61. The molecule has 0 heterocycles. The van der Waals surface area contributed by atoms with E-state index >= 15 is 0 Å². The molecule has 0 atom stereocenters. The third-order valence-corrected chi connectivity index (χ3v) is 0. The average molecular weight is 222 g/mol. The van der Waals surface area contributed by atoms with Crippen LogP contribution in [0, 0.1) is 0 Å². The van der Waals surface area contributed by atoms with Crippen molar-refractivity contribution in [1.82, 2.24) is 0 Å². The van der Waals surface area contributed by atoms with Gasteiger partial charge in [0.2, 0.25) is 0 Å². The third kappa shape index (κ3) is 52.2. The van der Waals surface area contributed by atoms with Crippen molar-refractivity contribution in [3.63, 3.8) is 0 Å². The van der Waals surface area contributed by atoms with E-state index < -0.39 is 9.05 Å². The van der Waals surface area contributed by atoms with Crippen molar-refractivity contribution >= 4 is 122 Å². The Bertz CT molecular complexity index is 40.5. The molecule has 0 saturated heterocycles. The summed E-state index contributed by atoms with van der Waals surface area (Å²) in [5.41, 5.74) is 0. The molecule has 0 rings (SSSR count). The van der Waals surface area contributed by atoms with Crippen LogP contribution in [0.4, 0.5) is 0 Å². The first-order valence-corrected chi connectivity index (χ1v) is 2.68. The van der Waals surface area contributed by atoms with E-state index in [-0.39, 0.29) is 122 Å². The van der Waals surface area contributed by atoms with E-state index in [9.17, 15) is 0 Å². The molecule has 4 N–H and O–H groups in total. The predicted molar refractivity (Wildman–Crippen MR) is 38.6 cm³/mol. The molecule has 0 bridgehead atoms. The summed E-state index contributed by atoms with van der Waals surface area (Å²) in [6, 6.07) is 0. The van der Waals surface area contributed by atoms with Crippen LogP contribution < -0.4 is 0 Å². The smallest absolute Gasteiger partial charge is 1.00 e. The van der Waals surface area contributed by atoms with Gasteiger partial charge < -0.3 is 27.7 Å². The maximum atomic E-state index is 7.33. The SMILES string of the molecule is O[Si](O)(O)O.[Ca+2].[Ca+2].[Ca+2].[H-].[H-].[H-].[H-].[H-].[H-]. The minimum absolute atomic E-state index is 0. The Kier molecular flexibility index (Phi) is 30.7. The first-order chi connectivity index (χ1) is 2.00. The van der Waals surface area contributed by atoms with Crippen molar-refractivity contribution in [2.24, 2.45) is 0 Å². The van der Waals surface area contributed by atoms with Crippen LogP contribution in [-0.2, 0) is 0 Å². The molecule has 0 aromatic carbocycles. The summed E-state index contributed by atoms with van der Waals surface area (Å²) in [4.78, 5) is 29.3. The molecular weight excluding hydrogens is 212 g/mol. The van der Waals surface area contributed by atoms with Gasteiger partial charge in [-0.1, -0.05) is 0 Å². The van der Waals surface area contributed by atoms with Gasteiger partial charge >= 0.3 is 122 Å². The molecule has 0 aliphatic rings. The topological polar surface area (TPSA) is 80.9 Å². The first kappa shape index (κ1) is 22.6. The Hall–Kier alpha value is 3.84. The molecule has 8 heteroatoms. The molecule has 0 unspecified atom stereocenters. The Morgan fingerprint density at radius 1 is 0.750 bits per heavy atom. The van der Waals surface area contributed by atoms with Gasteiger partial charge in [-0.05, 0) is 0 Å². The fourth-order valence-corrected chi connectivity index (χ4v) is 0. The maximum absolute atomic E-state index is 7.33. The van der Waals surface area contributed by atoms with Crippen LogP contribution in [0.3, 0.4) is 0 Å². The van der Waals surface area contributed by atoms with E-state index in [1.165, 1.54) is 0 Å². The number of hydrogen-bond acceptors (Lipinski definition) is 4. The van der Waals surface area contributed by atoms with Crippen LogP contribution in [-0.4, -0.2) is 141 Å². The summed E-state index contributed by atoms with van der Waals surface area (Å²) < 4.78 is 0. The molecule has 0 fully saturated rings. The Balaban J connectivity index is -0.00000000222. The number of rotatable bonds is 0. The molecule has 0 amide bonds. The molecule has 0 aromatic heterocycles. The summed E-state index contributed by atoms with van der Waals surface area (Å²) >= 11 is 0. The predicted octanol–water partition coefficient (Wildman–Crippen LogP) is -3.08. The zero-order chi connectivity index (χ0) is 4.50. The Morgan fingerprint density at radius 3 is 0.750 bits per heavy atom. The van der Waals surface area contributed by atoms with Gasteiger partial charge in [-0.25, -0.2) is 0 Å². The normalized spacial score (nSPS) is 7.50. The summed E-state index contributed by atoms with van der Waals surface area (Å²) in [5, 5.41) is 0. The second-order valence-corrected chi connectivity index (χ2v) is 1.80. The Morgan fingerprint density at radius 2 is 0.750 bits per heavy atom. The quantitative estimate of drug-likeness (QED) is 0.328. The van der Waals surface area contributed by atoms with Crippen LogP contribution in [0.25, 0.3) is 0 Å². The molecule has 4 nitrogen and oxygen atoms in total. The van der Waals surface area contributed by atoms with Gasteiger partial charge in [0, 0.05) is 0 Å². The van der Waals surface area contributed by atoms with Crippen molar-refractivity contribution in [2.45, 2.75) is 0 Å². The molecular formula is H10Ca3O4Si. The van der Waals surface area contributed by atoms with Gasteiger partial charge in [-0.3, -0.25) is 0 Å². The largest absolute Gasteiger partial charge is 2.00 e. The van der Waals surface area contributed by atoms with Crippen LogP contribution in [0.15, 0.2) is 0 Å². The van der Waals surface area contributed by atoms with Crippen LogP contribution in [0.2, 0.25) is 0 Å². The van der Waals surface area contributed by atoms with Crippen LogP contribution in [0.5, 0.6) is 0 Å². The van der Waals surface area contributed by atoms with Gasteiger partial charge in [0.1, 0.15) is 0 Å². The van der Waals surface area contributed by atoms with Crippen LogP contribution >= 0.6 is 0 Å². The molecule has 8 heavy (non-hydrogen) atoms.